The molecule has 2 amide bonds. The fourth-order valence-corrected chi connectivity index (χ4v) is 2.68. The highest BCUT2D eigenvalue weighted by molar-refractivity contribution is 6.07. The van der Waals surface area contributed by atoms with Crippen molar-refractivity contribution in [2.24, 2.45) is 4.99 Å². The largest absolute Gasteiger partial charge is 0.378 e. The van der Waals surface area contributed by atoms with E-state index in [1.807, 2.05) is 4.90 Å². The number of aliphatic imine (C=N–C) groups is 1. The summed E-state index contributed by atoms with van der Waals surface area (Å²) in [5, 5.41) is 5.44. The Bertz CT molecular complexity index is 708. The number of hydrogen-bond acceptors (Lipinski definition) is 6. The first-order valence-electron chi connectivity index (χ1n) is 8.15. The fraction of sp³-hybridized carbons (Fsp3) is 0.412. The van der Waals surface area contributed by atoms with E-state index >= 15 is 0 Å². The number of nitrogens with zero attached hydrogens (tertiary/aromatic N) is 2. The summed E-state index contributed by atoms with van der Waals surface area (Å²) in [5.74, 6) is -0.103. The van der Waals surface area contributed by atoms with Crippen LogP contribution < -0.4 is 10.6 Å². The Morgan fingerprint density at radius 1 is 1.28 bits per heavy atom. The first kappa shape index (κ1) is 17.1. The lowest BCUT2D eigenvalue weighted by molar-refractivity contribution is -0.124. The highest BCUT2D eigenvalue weighted by atomic mass is 16.5. The van der Waals surface area contributed by atoms with Crippen molar-refractivity contribution in [3.63, 3.8) is 0 Å². The van der Waals surface area contributed by atoms with Crippen molar-refractivity contribution >= 4 is 29.2 Å². The predicted octanol–water partition coefficient (Wildman–Crippen LogP) is 0.404. The normalized spacial score (nSPS) is 20.0. The van der Waals surface area contributed by atoms with Gasteiger partial charge in [0.1, 0.15) is 6.04 Å². The third kappa shape index (κ3) is 4.21. The zero-order chi connectivity index (χ0) is 17.8. The minimum absolute atomic E-state index is 0.0336. The van der Waals surface area contributed by atoms with E-state index in [1.165, 1.54) is 6.92 Å². The molecule has 8 nitrogen and oxygen atoms in total. The summed E-state index contributed by atoms with van der Waals surface area (Å²) in [5.41, 5.74) is 1.15. The van der Waals surface area contributed by atoms with Crippen LogP contribution in [0.25, 0.3) is 0 Å². The lowest BCUT2D eigenvalue weighted by Gasteiger charge is -2.27. The van der Waals surface area contributed by atoms with Crippen molar-refractivity contribution in [2.45, 2.75) is 19.4 Å². The average molecular weight is 344 g/mol. The smallest absolute Gasteiger partial charge is 0.252 e. The van der Waals surface area contributed by atoms with E-state index < -0.39 is 6.04 Å². The molecular formula is C17H20N4O4. The number of carbonyl (C=O) groups is 3. The van der Waals surface area contributed by atoms with E-state index in [4.69, 9.17) is 4.74 Å². The molecule has 0 spiro atoms. The van der Waals surface area contributed by atoms with E-state index in [0.29, 0.717) is 43.5 Å². The van der Waals surface area contributed by atoms with Crippen molar-refractivity contribution in [3.8, 4) is 0 Å². The number of Topliss-reactive ketones (excluding diaryl/α,β-unsaturated/α-hetero) is 1. The number of guanidine groups is 1. The van der Waals surface area contributed by atoms with Crippen LogP contribution in [0.1, 0.15) is 23.7 Å². The van der Waals surface area contributed by atoms with Crippen LogP contribution in [0.5, 0.6) is 0 Å². The van der Waals surface area contributed by atoms with Crippen molar-refractivity contribution < 1.29 is 19.1 Å². The van der Waals surface area contributed by atoms with Gasteiger partial charge >= 0.3 is 0 Å². The van der Waals surface area contributed by atoms with Crippen molar-refractivity contribution in [1.82, 2.24) is 10.2 Å². The van der Waals surface area contributed by atoms with Gasteiger partial charge in [0.15, 0.2) is 5.78 Å². The van der Waals surface area contributed by atoms with Gasteiger partial charge in [-0.2, -0.15) is 0 Å². The maximum atomic E-state index is 12.2. The molecule has 2 aliphatic rings. The summed E-state index contributed by atoms with van der Waals surface area (Å²) in [6, 6.07) is 5.89. The monoisotopic (exact) mass is 344 g/mol. The molecule has 0 aromatic heterocycles. The Labute approximate surface area is 145 Å². The number of benzene rings is 1. The fourth-order valence-electron chi connectivity index (χ4n) is 2.68. The molecule has 0 bridgehead atoms. The third-order valence-corrected chi connectivity index (χ3v) is 4.08. The van der Waals surface area contributed by atoms with Crippen LogP contribution in [0.3, 0.4) is 0 Å². The topological polar surface area (TPSA) is 100 Å². The van der Waals surface area contributed by atoms with Crippen molar-refractivity contribution in [2.75, 3.05) is 31.6 Å². The molecule has 1 saturated heterocycles. The molecule has 2 N–H and O–H groups in total. The highest BCUT2D eigenvalue weighted by Gasteiger charge is 2.31. The van der Waals surface area contributed by atoms with E-state index in [2.05, 4.69) is 15.6 Å². The number of amides is 2. The van der Waals surface area contributed by atoms with E-state index in [1.54, 1.807) is 24.3 Å². The van der Waals surface area contributed by atoms with E-state index in [0.717, 1.165) is 0 Å². The van der Waals surface area contributed by atoms with Crippen LogP contribution >= 0.6 is 0 Å². The minimum atomic E-state index is -0.727. The van der Waals surface area contributed by atoms with Gasteiger partial charge in [-0.1, -0.05) is 0 Å². The zero-order valence-electron chi connectivity index (χ0n) is 13.9. The molecule has 1 atom stereocenters. The Balaban J connectivity index is 1.57. The highest BCUT2D eigenvalue weighted by Crippen LogP contribution is 2.13. The van der Waals surface area contributed by atoms with Crippen molar-refractivity contribution in [3.05, 3.63) is 29.8 Å². The Kier molecular flexibility index (Phi) is 5.08. The van der Waals surface area contributed by atoms with Gasteiger partial charge in [0, 0.05) is 24.3 Å². The number of nitrogens with one attached hydrogen (secondary N) is 2. The molecule has 8 heteroatoms. The first-order chi connectivity index (χ1) is 12.0. The van der Waals surface area contributed by atoms with Crippen LogP contribution in [-0.4, -0.2) is 60.8 Å². The van der Waals surface area contributed by atoms with Gasteiger partial charge in [0.05, 0.1) is 19.6 Å². The van der Waals surface area contributed by atoms with Gasteiger partial charge in [0.2, 0.25) is 11.9 Å². The molecule has 2 heterocycles. The van der Waals surface area contributed by atoms with Gasteiger partial charge in [-0.25, -0.2) is 4.99 Å². The van der Waals surface area contributed by atoms with E-state index in [-0.39, 0.29) is 24.0 Å². The maximum Gasteiger partial charge on any atom is 0.252 e. The standard InChI is InChI=1S/C17H20N4O4/c1-11(22)12-2-4-13(5-3-12)18-15(23)10-14-16(24)20-17(19-14)21-6-8-25-9-7-21/h2-5,14H,6-10H2,1H3,(H,18,23)(H,19,20,24)/t14-/m1/s1. The van der Waals surface area contributed by atoms with Crippen LogP contribution in [0.15, 0.2) is 29.3 Å². The predicted molar refractivity (Wildman–Crippen MR) is 91.5 cm³/mol. The molecule has 3 rings (SSSR count). The Morgan fingerprint density at radius 2 is 1.96 bits per heavy atom. The number of ketones is 1. The molecule has 1 fully saturated rings. The minimum Gasteiger partial charge on any atom is -0.378 e. The molecule has 2 aliphatic heterocycles. The van der Waals surface area contributed by atoms with Gasteiger partial charge < -0.3 is 15.0 Å². The molecule has 1 aromatic carbocycles. The molecule has 132 valence electrons. The summed E-state index contributed by atoms with van der Waals surface area (Å²) in [6.45, 7) is 4.00. The molecule has 0 saturated carbocycles. The molecule has 1 aromatic rings. The first-order valence-corrected chi connectivity index (χ1v) is 8.15. The number of hydrogen-bond donors (Lipinski definition) is 2. The average Bonchev–Trinajstić information content (AvgIpc) is 2.97. The van der Waals surface area contributed by atoms with E-state index in [9.17, 15) is 14.4 Å². The second kappa shape index (κ2) is 7.43. The summed E-state index contributed by atoms with van der Waals surface area (Å²) < 4.78 is 5.27. The number of anilines is 1. The van der Waals surface area contributed by atoms with Crippen LogP contribution in [0.4, 0.5) is 5.69 Å². The molecule has 0 radical (unpaired) electrons. The molecule has 25 heavy (non-hydrogen) atoms. The zero-order valence-corrected chi connectivity index (χ0v) is 13.9. The molecular weight excluding hydrogens is 324 g/mol. The summed E-state index contributed by atoms with van der Waals surface area (Å²) in [6.07, 6.45) is -0.0336. The van der Waals surface area contributed by atoms with Crippen LogP contribution in [-0.2, 0) is 14.3 Å². The third-order valence-electron chi connectivity index (χ3n) is 4.08. The number of morpholine rings is 1. The van der Waals surface area contributed by atoms with Gasteiger partial charge in [-0.05, 0) is 31.2 Å². The lowest BCUT2D eigenvalue weighted by Crippen LogP contribution is -2.46. The Hall–Kier alpha value is -2.74. The van der Waals surface area contributed by atoms with Crippen LogP contribution in [0, 0.1) is 0 Å². The summed E-state index contributed by atoms with van der Waals surface area (Å²) in [7, 11) is 0. The Morgan fingerprint density at radius 3 is 2.60 bits per heavy atom. The summed E-state index contributed by atoms with van der Waals surface area (Å²) in [4.78, 5) is 41.7. The lowest BCUT2D eigenvalue weighted by atomic mass is 10.1. The molecule has 0 unspecified atom stereocenters. The SMILES string of the molecule is CC(=O)c1ccc(NC(=O)C[C@H]2N=C(N3CCOCC3)NC2=O)cc1. The van der Waals surface area contributed by atoms with Gasteiger partial charge in [0.25, 0.3) is 5.91 Å². The van der Waals surface area contributed by atoms with Crippen molar-refractivity contribution in [1.29, 1.82) is 0 Å². The maximum absolute atomic E-state index is 12.2. The number of ether oxygens (including phenoxy) is 1. The second-order valence-corrected chi connectivity index (χ2v) is 5.94. The summed E-state index contributed by atoms with van der Waals surface area (Å²) >= 11 is 0. The van der Waals surface area contributed by atoms with Crippen LogP contribution in [0.2, 0.25) is 0 Å². The number of carbonyl (C=O) groups excluding carboxylic acids is 3. The van der Waals surface area contributed by atoms with Gasteiger partial charge in [-0.3, -0.25) is 19.7 Å². The second-order valence-electron chi connectivity index (χ2n) is 5.94. The molecule has 0 aliphatic carbocycles. The van der Waals surface area contributed by atoms with Gasteiger partial charge in [-0.15, -0.1) is 0 Å². The quantitative estimate of drug-likeness (QED) is 0.771. The number of rotatable bonds is 4.